The smallest absolute Gasteiger partial charge is 0.246 e. The van der Waals surface area contributed by atoms with Gasteiger partial charge in [-0.2, -0.15) is 10.1 Å². The molecule has 1 N–H and O–H groups in total. The fourth-order valence-electron chi connectivity index (χ4n) is 1.97. The van der Waals surface area contributed by atoms with E-state index in [9.17, 15) is 0 Å². The molecule has 0 amide bonds. The van der Waals surface area contributed by atoms with Crippen LogP contribution in [0.2, 0.25) is 0 Å². The number of fused-ring (bicyclic) bond motifs is 1. The van der Waals surface area contributed by atoms with Crippen molar-refractivity contribution in [3.63, 3.8) is 0 Å². The number of methoxy groups -OCH3 is 1. The molecular formula is C12H13N5O. The molecule has 0 atom stereocenters. The van der Waals surface area contributed by atoms with Crippen molar-refractivity contribution in [3.8, 4) is 5.88 Å². The van der Waals surface area contributed by atoms with Gasteiger partial charge in [0.15, 0.2) is 0 Å². The number of rotatable bonds is 3. The summed E-state index contributed by atoms with van der Waals surface area (Å²) in [6, 6.07) is 5.77. The molecule has 1 aliphatic rings. The summed E-state index contributed by atoms with van der Waals surface area (Å²) in [6.45, 7) is 0.974. The van der Waals surface area contributed by atoms with Gasteiger partial charge in [0.25, 0.3) is 0 Å². The molecule has 0 saturated heterocycles. The SMILES string of the molecule is COc1ccnc(N/N=C2/CCn3cccc32)n1. The summed E-state index contributed by atoms with van der Waals surface area (Å²) in [5.41, 5.74) is 5.03. The first-order valence-corrected chi connectivity index (χ1v) is 5.72. The molecule has 0 fully saturated rings. The lowest BCUT2D eigenvalue weighted by Gasteiger charge is -2.02. The lowest BCUT2D eigenvalue weighted by Crippen LogP contribution is -2.03. The summed E-state index contributed by atoms with van der Waals surface area (Å²) in [4.78, 5) is 8.21. The molecule has 3 rings (SSSR count). The quantitative estimate of drug-likeness (QED) is 0.830. The van der Waals surface area contributed by atoms with Gasteiger partial charge in [0, 0.05) is 31.4 Å². The van der Waals surface area contributed by atoms with E-state index < -0.39 is 0 Å². The zero-order valence-corrected chi connectivity index (χ0v) is 10.00. The average molecular weight is 243 g/mol. The van der Waals surface area contributed by atoms with Crippen LogP contribution in [0.1, 0.15) is 12.1 Å². The number of aromatic nitrogens is 3. The van der Waals surface area contributed by atoms with E-state index in [1.54, 1.807) is 19.4 Å². The molecule has 0 radical (unpaired) electrons. The predicted molar refractivity (Wildman–Crippen MR) is 67.8 cm³/mol. The van der Waals surface area contributed by atoms with Crippen LogP contribution in [0, 0.1) is 0 Å². The molecule has 3 heterocycles. The van der Waals surface area contributed by atoms with Crippen LogP contribution >= 0.6 is 0 Å². The lowest BCUT2D eigenvalue weighted by atomic mass is 10.2. The zero-order chi connectivity index (χ0) is 12.4. The molecule has 0 bridgehead atoms. The number of anilines is 1. The van der Waals surface area contributed by atoms with E-state index in [1.807, 2.05) is 6.07 Å². The zero-order valence-electron chi connectivity index (χ0n) is 10.00. The fourth-order valence-corrected chi connectivity index (χ4v) is 1.97. The normalized spacial score (nSPS) is 15.7. The minimum Gasteiger partial charge on any atom is -0.481 e. The minimum absolute atomic E-state index is 0.437. The maximum atomic E-state index is 5.03. The monoisotopic (exact) mass is 243 g/mol. The molecule has 1 aliphatic heterocycles. The molecule has 0 aliphatic carbocycles. The summed E-state index contributed by atoms with van der Waals surface area (Å²) in [5, 5.41) is 4.35. The van der Waals surface area contributed by atoms with Crippen LogP contribution in [0.15, 0.2) is 35.7 Å². The maximum absolute atomic E-state index is 5.03. The van der Waals surface area contributed by atoms with E-state index in [0.717, 1.165) is 24.4 Å². The minimum atomic E-state index is 0.437. The van der Waals surface area contributed by atoms with E-state index in [1.165, 1.54) is 0 Å². The van der Waals surface area contributed by atoms with E-state index in [2.05, 4.69) is 37.3 Å². The number of nitrogens with zero attached hydrogens (tertiary/aromatic N) is 4. The largest absolute Gasteiger partial charge is 0.481 e. The first kappa shape index (κ1) is 10.8. The van der Waals surface area contributed by atoms with Crippen molar-refractivity contribution in [2.24, 2.45) is 5.10 Å². The van der Waals surface area contributed by atoms with Gasteiger partial charge in [-0.25, -0.2) is 10.4 Å². The van der Waals surface area contributed by atoms with Crippen molar-refractivity contribution >= 4 is 11.7 Å². The van der Waals surface area contributed by atoms with Crippen LogP contribution in [-0.2, 0) is 6.54 Å². The van der Waals surface area contributed by atoms with Gasteiger partial charge >= 0.3 is 0 Å². The van der Waals surface area contributed by atoms with Crippen LogP contribution < -0.4 is 10.2 Å². The highest BCUT2D eigenvalue weighted by atomic mass is 16.5. The molecule has 6 nitrogen and oxygen atoms in total. The Morgan fingerprint density at radius 2 is 2.39 bits per heavy atom. The standard InChI is InChI=1S/C12H13N5O/c1-18-11-4-6-13-12(14-11)16-15-9-5-8-17-7-2-3-10(9)17/h2-4,6-7H,5,8H2,1H3,(H,13,14,16)/b15-9-. The molecule has 6 heteroatoms. The number of hydrogen-bond donors (Lipinski definition) is 1. The summed E-state index contributed by atoms with van der Waals surface area (Å²) < 4.78 is 7.20. The Balaban J connectivity index is 1.78. The van der Waals surface area contributed by atoms with E-state index in [0.29, 0.717) is 11.8 Å². The first-order chi connectivity index (χ1) is 8.86. The fraction of sp³-hybridized carbons (Fsp3) is 0.250. The topological polar surface area (TPSA) is 64.3 Å². The molecule has 0 saturated carbocycles. The molecule has 0 spiro atoms. The third-order valence-corrected chi connectivity index (χ3v) is 2.84. The number of hydrogen-bond acceptors (Lipinski definition) is 5. The molecule has 18 heavy (non-hydrogen) atoms. The Labute approximate surface area is 104 Å². The number of ether oxygens (including phenoxy) is 1. The van der Waals surface area contributed by atoms with Crippen molar-refractivity contribution < 1.29 is 4.74 Å². The Morgan fingerprint density at radius 3 is 3.28 bits per heavy atom. The van der Waals surface area contributed by atoms with Gasteiger partial charge in [-0.3, -0.25) is 0 Å². The van der Waals surface area contributed by atoms with E-state index >= 15 is 0 Å². The van der Waals surface area contributed by atoms with Gasteiger partial charge in [-0.05, 0) is 12.1 Å². The highest BCUT2D eigenvalue weighted by Gasteiger charge is 2.16. The molecular weight excluding hydrogens is 230 g/mol. The Hall–Kier alpha value is -2.37. The van der Waals surface area contributed by atoms with Gasteiger partial charge in [0.1, 0.15) is 0 Å². The van der Waals surface area contributed by atoms with Gasteiger partial charge in [0.05, 0.1) is 18.5 Å². The second-order valence-corrected chi connectivity index (χ2v) is 3.93. The van der Waals surface area contributed by atoms with Crippen LogP contribution in [-0.4, -0.2) is 27.4 Å². The lowest BCUT2D eigenvalue weighted by molar-refractivity contribution is 0.397. The number of aryl methyl sites for hydroxylation is 1. The molecule has 2 aromatic heterocycles. The van der Waals surface area contributed by atoms with Gasteiger partial charge in [-0.1, -0.05) is 0 Å². The van der Waals surface area contributed by atoms with Gasteiger partial charge < -0.3 is 9.30 Å². The van der Waals surface area contributed by atoms with Crippen LogP contribution in [0.4, 0.5) is 5.95 Å². The van der Waals surface area contributed by atoms with Gasteiger partial charge in [-0.15, -0.1) is 0 Å². The Bertz CT molecular complexity index is 590. The Morgan fingerprint density at radius 1 is 1.44 bits per heavy atom. The number of nitrogens with one attached hydrogen (secondary N) is 1. The molecule has 0 aromatic carbocycles. The van der Waals surface area contributed by atoms with Crippen molar-refractivity contribution in [1.82, 2.24) is 14.5 Å². The molecule has 92 valence electrons. The van der Waals surface area contributed by atoms with E-state index in [4.69, 9.17) is 4.74 Å². The predicted octanol–water partition coefficient (Wildman–Crippen LogP) is 1.51. The first-order valence-electron chi connectivity index (χ1n) is 5.72. The van der Waals surface area contributed by atoms with Crippen LogP contribution in [0.3, 0.4) is 0 Å². The van der Waals surface area contributed by atoms with E-state index in [-0.39, 0.29) is 0 Å². The highest BCUT2D eigenvalue weighted by Crippen LogP contribution is 2.16. The summed E-state index contributed by atoms with van der Waals surface area (Å²) >= 11 is 0. The maximum Gasteiger partial charge on any atom is 0.246 e. The summed E-state index contributed by atoms with van der Waals surface area (Å²) in [6.07, 6.45) is 4.61. The second-order valence-electron chi connectivity index (χ2n) is 3.93. The third kappa shape index (κ3) is 1.92. The second kappa shape index (κ2) is 4.48. The molecule has 0 unspecified atom stereocenters. The average Bonchev–Trinajstić information content (AvgIpc) is 3.00. The Kier molecular flexibility index (Phi) is 2.68. The third-order valence-electron chi connectivity index (χ3n) is 2.84. The van der Waals surface area contributed by atoms with Crippen LogP contribution in [0.5, 0.6) is 5.88 Å². The highest BCUT2D eigenvalue weighted by molar-refractivity contribution is 6.01. The van der Waals surface area contributed by atoms with Crippen molar-refractivity contribution in [2.45, 2.75) is 13.0 Å². The van der Waals surface area contributed by atoms with Crippen LogP contribution in [0.25, 0.3) is 0 Å². The summed E-state index contributed by atoms with van der Waals surface area (Å²) in [5.74, 6) is 0.953. The van der Waals surface area contributed by atoms with Gasteiger partial charge in [0.2, 0.25) is 11.8 Å². The van der Waals surface area contributed by atoms with Crippen molar-refractivity contribution in [1.29, 1.82) is 0 Å². The summed E-state index contributed by atoms with van der Waals surface area (Å²) in [7, 11) is 1.57. The van der Waals surface area contributed by atoms with Crippen molar-refractivity contribution in [3.05, 3.63) is 36.3 Å². The number of hydrazone groups is 1. The molecule has 2 aromatic rings. The van der Waals surface area contributed by atoms with Crippen molar-refractivity contribution in [2.75, 3.05) is 12.5 Å².